The van der Waals surface area contributed by atoms with Gasteiger partial charge in [0.05, 0.1) is 0 Å². The maximum absolute atomic E-state index is 2.58. The maximum atomic E-state index is 2.58. The van der Waals surface area contributed by atoms with Crippen LogP contribution in [0.4, 0.5) is 5.69 Å². The highest BCUT2D eigenvalue weighted by Crippen LogP contribution is 2.22. The van der Waals surface area contributed by atoms with Crippen molar-refractivity contribution in [2.45, 2.75) is 52.9 Å². The third kappa shape index (κ3) is 4.72. The lowest BCUT2D eigenvalue weighted by Crippen LogP contribution is -2.26. The van der Waals surface area contributed by atoms with Crippen LogP contribution >= 0.6 is 0 Å². The lowest BCUT2D eigenvalue weighted by molar-refractivity contribution is 0.676. The molecule has 0 N–H and O–H groups in total. The monoisotopic (exact) mass is 246 g/mol. The van der Waals surface area contributed by atoms with Gasteiger partial charge in [-0.3, -0.25) is 0 Å². The molecule has 0 atom stereocenters. The predicted molar refractivity (Wildman–Crippen MR) is 82.1 cm³/mol. The normalized spacial score (nSPS) is 10.6. The number of para-hydroxylation sites is 1. The summed E-state index contributed by atoms with van der Waals surface area (Å²) in [5, 5.41) is 0. The van der Waals surface area contributed by atoms with Crippen molar-refractivity contribution in [2.75, 3.05) is 18.0 Å². The smallest absolute Gasteiger partial charge is 0.0398 e. The molecule has 1 aromatic carbocycles. The van der Waals surface area contributed by atoms with Crippen LogP contribution in [0, 0.1) is 6.42 Å². The summed E-state index contributed by atoms with van der Waals surface area (Å²) in [5.41, 5.74) is 2.91. The fourth-order valence-electron chi connectivity index (χ4n) is 2.26. The summed E-state index contributed by atoms with van der Waals surface area (Å²) in [6, 6.07) is 8.86. The van der Waals surface area contributed by atoms with E-state index in [0.717, 1.165) is 6.42 Å². The Labute approximate surface area is 113 Å². The van der Waals surface area contributed by atoms with Gasteiger partial charge in [0.1, 0.15) is 0 Å². The molecule has 0 fully saturated rings. The highest BCUT2D eigenvalue weighted by atomic mass is 15.1. The van der Waals surface area contributed by atoms with Crippen molar-refractivity contribution in [1.29, 1.82) is 0 Å². The van der Waals surface area contributed by atoms with E-state index >= 15 is 0 Å². The summed E-state index contributed by atoms with van der Waals surface area (Å²) in [6.45, 7) is 9.06. The van der Waals surface area contributed by atoms with Crippen LogP contribution < -0.4 is 4.90 Å². The number of rotatable bonds is 9. The van der Waals surface area contributed by atoms with Crippen molar-refractivity contribution >= 4 is 5.69 Å². The number of anilines is 1. The molecular formula is C17H28N. The van der Waals surface area contributed by atoms with Crippen LogP contribution in [0.25, 0.3) is 0 Å². The molecule has 18 heavy (non-hydrogen) atoms. The first-order valence-electron chi connectivity index (χ1n) is 7.44. The quantitative estimate of drug-likeness (QED) is 0.601. The maximum Gasteiger partial charge on any atom is 0.0398 e. The number of hydrogen-bond donors (Lipinski definition) is 0. The Morgan fingerprint density at radius 1 is 1.00 bits per heavy atom. The second kappa shape index (κ2) is 9.02. The van der Waals surface area contributed by atoms with Crippen LogP contribution in [-0.2, 0) is 6.42 Å². The van der Waals surface area contributed by atoms with Crippen LogP contribution in [-0.4, -0.2) is 13.1 Å². The molecule has 101 valence electrons. The number of benzene rings is 1. The summed E-state index contributed by atoms with van der Waals surface area (Å²) >= 11 is 0. The molecule has 0 saturated heterocycles. The second-order valence-corrected chi connectivity index (χ2v) is 4.94. The van der Waals surface area contributed by atoms with E-state index in [1.807, 2.05) is 0 Å². The lowest BCUT2D eigenvalue weighted by atomic mass is 10.1. The van der Waals surface area contributed by atoms with Crippen LogP contribution in [0.2, 0.25) is 0 Å². The van der Waals surface area contributed by atoms with Gasteiger partial charge in [-0.2, -0.15) is 0 Å². The Kier molecular flexibility index (Phi) is 7.55. The van der Waals surface area contributed by atoms with E-state index in [1.165, 1.54) is 50.0 Å². The fourth-order valence-corrected chi connectivity index (χ4v) is 2.26. The third-order valence-corrected chi connectivity index (χ3v) is 3.32. The standard InChI is InChI=1S/C17H28N/c1-4-7-14-18(15-8-5-2)17-13-10-9-12-16(17)11-6-3/h6,9-10,12-13H,4-5,7-8,11,14-15H2,1-3H3. The predicted octanol–water partition coefficient (Wildman–Crippen LogP) is 4.86. The van der Waals surface area contributed by atoms with Gasteiger partial charge in [-0.25, -0.2) is 0 Å². The number of unbranched alkanes of at least 4 members (excludes halogenated alkanes) is 2. The fraction of sp³-hybridized carbons (Fsp3) is 0.588. The van der Waals surface area contributed by atoms with Gasteiger partial charge in [0, 0.05) is 18.8 Å². The summed E-state index contributed by atoms with van der Waals surface area (Å²) in [7, 11) is 0. The van der Waals surface area contributed by atoms with E-state index in [0.29, 0.717) is 0 Å². The molecule has 0 saturated carbocycles. The molecule has 1 heteroatoms. The molecule has 0 aliphatic rings. The average Bonchev–Trinajstić information content (AvgIpc) is 2.40. The zero-order valence-corrected chi connectivity index (χ0v) is 12.3. The Bertz CT molecular complexity index is 311. The van der Waals surface area contributed by atoms with Gasteiger partial charge in [0.15, 0.2) is 0 Å². The summed E-state index contributed by atoms with van der Waals surface area (Å²) in [5.74, 6) is 0. The SMILES string of the molecule is C[CH]Cc1ccccc1N(CCCC)CCCC. The Balaban J connectivity index is 2.81. The largest absolute Gasteiger partial charge is 0.371 e. The van der Waals surface area contributed by atoms with Crippen LogP contribution in [0.1, 0.15) is 52.0 Å². The summed E-state index contributed by atoms with van der Waals surface area (Å²) in [4.78, 5) is 2.58. The topological polar surface area (TPSA) is 3.24 Å². The van der Waals surface area contributed by atoms with Gasteiger partial charge in [0.25, 0.3) is 0 Å². The molecule has 1 aromatic rings. The minimum atomic E-state index is 1.07. The first-order valence-corrected chi connectivity index (χ1v) is 7.44. The van der Waals surface area contributed by atoms with Crippen LogP contribution in [0.5, 0.6) is 0 Å². The zero-order chi connectivity index (χ0) is 13.2. The molecule has 0 amide bonds. The van der Waals surface area contributed by atoms with E-state index < -0.39 is 0 Å². The van der Waals surface area contributed by atoms with E-state index in [1.54, 1.807) is 0 Å². The van der Waals surface area contributed by atoms with Gasteiger partial charge in [-0.1, -0.05) is 51.8 Å². The zero-order valence-electron chi connectivity index (χ0n) is 12.3. The van der Waals surface area contributed by atoms with Gasteiger partial charge < -0.3 is 4.90 Å². The summed E-state index contributed by atoms with van der Waals surface area (Å²) < 4.78 is 0. The van der Waals surface area contributed by atoms with Crippen molar-refractivity contribution in [3.63, 3.8) is 0 Å². The first-order chi connectivity index (χ1) is 8.83. The molecule has 0 aromatic heterocycles. The molecule has 0 heterocycles. The Hall–Kier alpha value is -0.980. The van der Waals surface area contributed by atoms with Gasteiger partial charge in [-0.15, -0.1) is 0 Å². The minimum Gasteiger partial charge on any atom is -0.371 e. The van der Waals surface area contributed by atoms with Crippen molar-refractivity contribution in [2.24, 2.45) is 0 Å². The van der Waals surface area contributed by atoms with Crippen molar-refractivity contribution in [1.82, 2.24) is 0 Å². The summed E-state index contributed by atoms with van der Waals surface area (Å²) in [6.07, 6.45) is 8.43. The molecule has 0 spiro atoms. The molecular weight excluding hydrogens is 218 g/mol. The van der Waals surface area contributed by atoms with Crippen molar-refractivity contribution < 1.29 is 0 Å². The number of hydrogen-bond acceptors (Lipinski definition) is 1. The average molecular weight is 246 g/mol. The molecule has 0 aliphatic carbocycles. The Morgan fingerprint density at radius 2 is 1.61 bits per heavy atom. The van der Waals surface area contributed by atoms with E-state index in [2.05, 4.69) is 56.4 Å². The van der Waals surface area contributed by atoms with Gasteiger partial charge >= 0.3 is 0 Å². The van der Waals surface area contributed by atoms with Crippen molar-refractivity contribution in [3.8, 4) is 0 Å². The molecule has 0 aliphatic heterocycles. The molecule has 0 unspecified atom stereocenters. The highest BCUT2D eigenvalue weighted by molar-refractivity contribution is 5.54. The van der Waals surface area contributed by atoms with Crippen molar-refractivity contribution in [3.05, 3.63) is 36.2 Å². The van der Waals surface area contributed by atoms with Crippen LogP contribution in [0.15, 0.2) is 24.3 Å². The molecule has 1 rings (SSSR count). The van der Waals surface area contributed by atoms with Crippen LogP contribution in [0.3, 0.4) is 0 Å². The second-order valence-electron chi connectivity index (χ2n) is 4.94. The molecule has 1 radical (unpaired) electrons. The Morgan fingerprint density at radius 3 is 2.17 bits per heavy atom. The highest BCUT2D eigenvalue weighted by Gasteiger charge is 2.09. The van der Waals surface area contributed by atoms with Gasteiger partial charge in [0.2, 0.25) is 0 Å². The van der Waals surface area contributed by atoms with Gasteiger partial charge in [-0.05, 0) is 37.3 Å². The molecule has 1 nitrogen and oxygen atoms in total. The first kappa shape index (κ1) is 15.1. The van der Waals surface area contributed by atoms with E-state index in [4.69, 9.17) is 0 Å². The molecule has 0 bridgehead atoms. The number of nitrogens with zero attached hydrogens (tertiary/aromatic N) is 1. The van der Waals surface area contributed by atoms with E-state index in [-0.39, 0.29) is 0 Å². The lowest BCUT2D eigenvalue weighted by Gasteiger charge is -2.27. The van der Waals surface area contributed by atoms with E-state index in [9.17, 15) is 0 Å². The third-order valence-electron chi connectivity index (χ3n) is 3.32. The minimum absolute atomic E-state index is 1.07.